The fourth-order valence-electron chi connectivity index (χ4n) is 32.0. The summed E-state index contributed by atoms with van der Waals surface area (Å²) in [5, 5.41) is 45.8. The van der Waals surface area contributed by atoms with Crippen LogP contribution in [0.4, 0.5) is 0 Å². The molecule has 28 aliphatic carbocycles. The molecule has 20 atom stereocenters. The van der Waals surface area contributed by atoms with Crippen molar-refractivity contribution in [1.82, 2.24) is 0 Å². The zero-order valence-electron chi connectivity index (χ0n) is 46.6. The highest BCUT2D eigenvalue weighted by atomic mass is 16.9. The van der Waals surface area contributed by atoms with Gasteiger partial charge in [0.2, 0.25) is 0 Å². The molecule has 404 valence electrons. The Labute approximate surface area is 438 Å². The third-order valence-corrected chi connectivity index (χ3v) is 33.3. The van der Waals surface area contributed by atoms with E-state index in [2.05, 4.69) is 55.4 Å². The molecule has 28 saturated carbocycles. The van der Waals surface area contributed by atoms with Gasteiger partial charge in [0.15, 0.2) is 0 Å². The van der Waals surface area contributed by atoms with E-state index in [4.69, 9.17) is 15.3 Å². The smallest absolute Gasteiger partial charge is 0.309 e. The van der Waals surface area contributed by atoms with Crippen LogP contribution in [0.1, 0.15) is 209 Å². The Morgan fingerprint density at radius 3 is 1.12 bits per heavy atom. The summed E-state index contributed by atoms with van der Waals surface area (Å²) in [5.74, 6) is 19.4. The SMILES string of the molecule is CC12CC3CC4C1CC1(C(=O)O)CC2C(C3)C4(C)C1.CC12CC3CC4C1CC1(O)CC2C(C3)C4(C)C1.CC12CC3CC4C1CC1CC2C(C3)C4(C)C1.CC12CC3CC4C1CC1CC2C(O)(C3)C4(C)C1.O=[N+]([O-])O. The van der Waals surface area contributed by atoms with E-state index in [9.17, 15) is 20.1 Å². The zero-order chi connectivity index (χ0) is 50.7. The van der Waals surface area contributed by atoms with Crippen molar-refractivity contribution in [3.63, 3.8) is 0 Å². The normalized spacial score (nSPS) is 68.9. The fraction of sp³-hybridized carbons (Fsp3) is 0.985. The first-order valence-electron chi connectivity index (χ1n) is 31.7. The van der Waals surface area contributed by atoms with Crippen molar-refractivity contribution in [1.29, 1.82) is 0 Å². The Kier molecular flexibility index (Phi) is 8.97. The second kappa shape index (κ2) is 13.8. The van der Waals surface area contributed by atoms with Gasteiger partial charge in [0.1, 0.15) is 0 Å². The van der Waals surface area contributed by atoms with Gasteiger partial charge in [-0.05, 0) is 322 Å². The van der Waals surface area contributed by atoms with Crippen LogP contribution in [0.5, 0.6) is 0 Å². The molecule has 0 aromatic rings. The van der Waals surface area contributed by atoms with E-state index in [0.717, 1.165) is 162 Å². The molecule has 0 saturated heterocycles. The Morgan fingerprint density at radius 2 is 0.712 bits per heavy atom. The van der Waals surface area contributed by atoms with Gasteiger partial charge in [-0.1, -0.05) is 55.4 Å². The van der Waals surface area contributed by atoms with E-state index in [1.54, 1.807) is 38.5 Å². The van der Waals surface area contributed by atoms with Crippen molar-refractivity contribution in [3.05, 3.63) is 10.1 Å². The van der Waals surface area contributed by atoms with Gasteiger partial charge in [-0.2, -0.15) is 0 Å². The maximum absolute atomic E-state index is 11.9. The molecule has 28 aliphatic rings. The molecule has 0 amide bonds. The van der Waals surface area contributed by atoms with Crippen LogP contribution in [0, 0.1) is 183 Å². The van der Waals surface area contributed by atoms with Crippen LogP contribution in [0.25, 0.3) is 0 Å². The standard InChI is InChI=1S/C17H24O2.2C16H24O.C16H24.HNO3/c1-15-5-9-3-10-12(15)6-17(14(18)19)7-13(15)11(4-9)16(10,2)8-17;1-14-6-10-4-12-11(14)3-9-5-13(14)16(17,8-10)15(12,2)7-9;1-14-5-9-3-10-12(14)6-16(17)7-13(14)11(4-9)15(10,2)8-16;1-15-7-9-5-13-11(15)3-10-4-12(15)14(6-9)16(13,2)8-10;2-1(3)4/h9-13H,3-8H2,1-2H3,(H,18,19);2*9-13,17H,3-8H2,1-2H3;9-14H,3-8H2,1-2H3;(H,2,3,4). The van der Waals surface area contributed by atoms with Crippen molar-refractivity contribution in [2.45, 2.75) is 221 Å². The minimum Gasteiger partial charge on any atom is -0.481 e. The molecule has 28 fully saturated rings. The lowest BCUT2D eigenvalue weighted by Gasteiger charge is -2.80. The number of carboxylic acid groups (broad SMARTS) is 1. The molecule has 4 N–H and O–H groups in total. The Bertz CT molecular complexity index is 2320. The molecule has 0 heterocycles. The molecule has 0 radical (unpaired) electrons. The summed E-state index contributed by atoms with van der Waals surface area (Å²) in [6.07, 6.45) is 33.0. The van der Waals surface area contributed by atoms with Crippen molar-refractivity contribution >= 4 is 5.97 Å². The molecular formula is C65H97NO7. The van der Waals surface area contributed by atoms with Gasteiger partial charge < -0.3 is 20.5 Å². The van der Waals surface area contributed by atoms with E-state index in [-0.39, 0.29) is 16.6 Å². The molecule has 0 aromatic heterocycles. The highest BCUT2D eigenvalue weighted by Crippen LogP contribution is 2.85. The van der Waals surface area contributed by atoms with Gasteiger partial charge in [-0.25, -0.2) is 0 Å². The second-order valence-corrected chi connectivity index (χ2v) is 35.4. The summed E-state index contributed by atoms with van der Waals surface area (Å²) in [4.78, 5) is 20.3. The Balaban J connectivity index is 0.0000000813. The van der Waals surface area contributed by atoms with Crippen LogP contribution < -0.4 is 0 Å². The summed E-state index contributed by atoms with van der Waals surface area (Å²) >= 11 is 0. The lowest BCUT2D eigenvalue weighted by atomic mass is 9.25. The number of nitrogens with zero attached hydrogens (tertiary/aromatic N) is 1. The second-order valence-electron chi connectivity index (χ2n) is 35.4. The van der Waals surface area contributed by atoms with E-state index < -0.39 is 11.1 Å². The number of aliphatic hydroxyl groups is 2. The van der Waals surface area contributed by atoms with Gasteiger partial charge in [0.25, 0.3) is 5.09 Å². The van der Waals surface area contributed by atoms with Crippen molar-refractivity contribution in [2.24, 2.45) is 173 Å². The molecule has 8 heteroatoms. The van der Waals surface area contributed by atoms with E-state index in [1.807, 2.05) is 0 Å². The predicted octanol–water partition coefficient (Wildman–Crippen LogP) is 13.8. The molecule has 20 unspecified atom stereocenters. The third kappa shape index (κ3) is 5.37. The van der Waals surface area contributed by atoms with E-state index in [1.165, 1.54) is 70.6 Å². The van der Waals surface area contributed by atoms with Gasteiger partial charge in [0.05, 0.1) is 16.6 Å². The number of carbonyl (C=O) groups is 1. The minimum absolute atomic E-state index is 0.263. The predicted molar refractivity (Wildman–Crippen MR) is 278 cm³/mol. The first kappa shape index (κ1) is 47.6. The van der Waals surface area contributed by atoms with Crippen LogP contribution in [0.3, 0.4) is 0 Å². The van der Waals surface area contributed by atoms with Gasteiger partial charge in [0, 0.05) is 0 Å². The lowest BCUT2D eigenvalue weighted by Crippen LogP contribution is -2.78. The summed E-state index contributed by atoms with van der Waals surface area (Å²) in [6.45, 7) is 20.5. The molecule has 28 rings (SSSR count). The topological polar surface area (TPSA) is 141 Å². The van der Waals surface area contributed by atoms with Crippen LogP contribution >= 0.6 is 0 Å². The summed E-state index contributed by atoms with van der Waals surface area (Å²) in [7, 11) is 0. The van der Waals surface area contributed by atoms with Gasteiger partial charge in [-0.3, -0.25) is 4.79 Å². The average molecular weight is 1000 g/mol. The number of aliphatic carboxylic acids is 1. The molecule has 0 aliphatic heterocycles. The Morgan fingerprint density at radius 1 is 0.397 bits per heavy atom. The highest BCUT2D eigenvalue weighted by Gasteiger charge is 2.80. The molecule has 0 aromatic carbocycles. The summed E-state index contributed by atoms with van der Waals surface area (Å²) in [5.41, 5.74) is 3.50. The third-order valence-electron chi connectivity index (χ3n) is 33.3. The minimum atomic E-state index is -1.50. The highest BCUT2D eigenvalue weighted by molar-refractivity contribution is 5.76. The van der Waals surface area contributed by atoms with Crippen LogP contribution in [0.15, 0.2) is 0 Å². The van der Waals surface area contributed by atoms with Crippen LogP contribution in [-0.4, -0.2) is 42.8 Å². The summed E-state index contributed by atoms with van der Waals surface area (Å²) in [6, 6.07) is 0. The number of hydrogen-bond acceptors (Lipinski definition) is 5. The molecule has 8 nitrogen and oxygen atoms in total. The maximum atomic E-state index is 11.9. The largest absolute Gasteiger partial charge is 0.481 e. The first-order chi connectivity index (χ1) is 34.2. The van der Waals surface area contributed by atoms with Gasteiger partial charge in [-0.15, -0.1) is 10.1 Å². The quantitative estimate of drug-likeness (QED) is 0.151. The van der Waals surface area contributed by atoms with E-state index >= 15 is 0 Å². The lowest BCUT2D eigenvalue weighted by molar-refractivity contribution is -0.742. The molecule has 0 spiro atoms. The Hall–Kier alpha value is -1.41. The van der Waals surface area contributed by atoms with Crippen molar-refractivity contribution < 1.29 is 30.4 Å². The zero-order valence-corrected chi connectivity index (χ0v) is 46.6. The molecular weight excluding hydrogens is 907 g/mol. The first-order valence-corrected chi connectivity index (χ1v) is 31.7. The maximum Gasteiger partial charge on any atom is 0.309 e. The monoisotopic (exact) mass is 1000 g/mol. The fourth-order valence-corrected chi connectivity index (χ4v) is 32.0. The van der Waals surface area contributed by atoms with Crippen LogP contribution in [0.2, 0.25) is 0 Å². The number of hydrogen-bond donors (Lipinski definition) is 4. The summed E-state index contributed by atoms with van der Waals surface area (Å²) < 4.78 is 0. The molecule has 73 heavy (non-hydrogen) atoms. The van der Waals surface area contributed by atoms with Gasteiger partial charge >= 0.3 is 5.97 Å². The average Bonchev–Trinajstić information content (AvgIpc) is 3.35. The number of rotatable bonds is 1. The van der Waals surface area contributed by atoms with Crippen LogP contribution in [-0.2, 0) is 4.79 Å². The van der Waals surface area contributed by atoms with Crippen molar-refractivity contribution in [2.75, 3.05) is 0 Å². The van der Waals surface area contributed by atoms with Crippen molar-refractivity contribution in [3.8, 4) is 0 Å². The van der Waals surface area contributed by atoms with E-state index in [0.29, 0.717) is 50.2 Å². The number of carboxylic acids is 1. The molecule has 32 bridgehead atoms.